The fraction of sp³-hybridized carbons (Fsp3) is 0.192. The maximum Gasteiger partial charge on any atom is 0.261 e. The van der Waals surface area contributed by atoms with Gasteiger partial charge in [0.25, 0.3) is 5.91 Å². The number of aromatic nitrogens is 1. The number of hydrogen-bond donors (Lipinski definition) is 1. The predicted molar refractivity (Wildman–Crippen MR) is 123 cm³/mol. The van der Waals surface area contributed by atoms with E-state index < -0.39 is 0 Å². The van der Waals surface area contributed by atoms with Gasteiger partial charge in [0.05, 0.1) is 13.2 Å². The maximum absolute atomic E-state index is 13.2. The second-order valence-corrected chi connectivity index (χ2v) is 7.55. The van der Waals surface area contributed by atoms with Gasteiger partial charge in [0, 0.05) is 29.7 Å². The van der Waals surface area contributed by atoms with Crippen molar-refractivity contribution in [2.75, 3.05) is 20.8 Å². The third-order valence-corrected chi connectivity index (χ3v) is 5.51. The summed E-state index contributed by atoms with van der Waals surface area (Å²) in [5.41, 5.74) is 4.31. The molecule has 0 spiro atoms. The molecule has 4 aromatic rings. The van der Waals surface area contributed by atoms with Gasteiger partial charge in [0.2, 0.25) is 0 Å². The van der Waals surface area contributed by atoms with Gasteiger partial charge in [-0.15, -0.1) is 0 Å². The van der Waals surface area contributed by atoms with E-state index in [9.17, 15) is 4.79 Å². The van der Waals surface area contributed by atoms with Crippen molar-refractivity contribution in [1.29, 1.82) is 0 Å². The van der Waals surface area contributed by atoms with Gasteiger partial charge in [-0.3, -0.25) is 4.79 Å². The van der Waals surface area contributed by atoms with Gasteiger partial charge in [0.15, 0.2) is 18.1 Å². The van der Waals surface area contributed by atoms with Crippen LogP contribution >= 0.6 is 0 Å². The maximum atomic E-state index is 13.2. The monoisotopic (exact) mass is 414 g/mol. The number of ether oxygens (including phenoxy) is 2. The number of aromatic amines is 1. The number of aryl methyl sites for hydroxylation is 1. The molecule has 0 fully saturated rings. The Kier molecular flexibility index (Phi) is 5.94. The van der Waals surface area contributed by atoms with Crippen molar-refractivity contribution in [2.24, 2.45) is 0 Å². The molecule has 3 aromatic carbocycles. The molecule has 1 amide bonds. The van der Waals surface area contributed by atoms with Crippen molar-refractivity contribution in [3.05, 3.63) is 95.7 Å². The Bertz CT molecular complexity index is 1180. The highest BCUT2D eigenvalue weighted by molar-refractivity contribution is 5.85. The van der Waals surface area contributed by atoms with E-state index in [2.05, 4.69) is 42.2 Å². The molecule has 1 N–H and O–H groups in total. The van der Waals surface area contributed by atoms with E-state index in [0.717, 1.165) is 22.0 Å². The van der Waals surface area contributed by atoms with Crippen molar-refractivity contribution in [2.45, 2.75) is 13.0 Å². The van der Waals surface area contributed by atoms with Crippen LogP contribution in [0.2, 0.25) is 0 Å². The zero-order chi connectivity index (χ0) is 21.8. The number of fused-ring (bicyclic) bond motifs is 1. The first-order chi connectivity index (χ1) is 15.1. The molecular weight excluding hydrogens is 388 g/mol. The number of amides is 1. The lowest BCUT2D eigenvalue weighted by Gasteiger charge is -2.29. The summed E-state index contributed by atoms with van der Waals surface area (Å²) >= 11 is 0. The molecule has 1 atom stereocenters. The summed E-state index contributed by atoms with van der Waals surface area (Å²) in [6.45, 7) is 1.97. The molecule has 0 aliphatic heterocycles. The Morgan fingerprint density at radius 1 is 0.968 bits per heavy atom. The van der Waals surface area contributed by atoms with Crippen molar-refractivity contribution in [3.8, 4) is 11.5 Å². The number of nitrogens with one attached hydrogen (secondary N) is 1. The first-order valence-corrected chi connectivity index (χ1v) is 10.2. The van der Waals surface area contributed by atoms with Gasteiger partial charge in [0.1, 0.15) is 0 Å². The van der Waals surface area contributed by atoms with Crippen LogP contribution in [0.4, 0.5) is 0 Å². The van der Waals surface area contributed by atoms with Gasteiger partial charge >= 0.3 is 0 Å². The Morgan fingerprint density at radius 3 is 2.39 bits per heavy atom. The molecular formula is C26H26N2O3. The fourth-order valence-corrected chi connectivity index (χ4v) is 3.80. The minimum absolute atomic E-state index is 0.0818. The lowest BCUT2D eigenvalue weighted by Crippen LogP contribution is -2.35. The zero-order valence-corrected chi connectivity index (χ0v) is 18.0. The van der Waals surface area contributed by atoms with Crippen LogP contribution in [0.3, 0.4) is 0 Å². The molecule has 5 heteroatoms. The predicted octanol–water partition coefficient (Wildman–Crippen LogP) is 5.11. The van der Waals surface area contributed by atoms with E-state index in [-0.39, 0.29) is 18.6 Å². The molecule has 1 heterocycles. The number of para-hydroxylation sites is 3. The average molecular weight is 415 g/mol. The van der Waals surface area contributed by atoms with Crippen molar-refractivity contribution in [3.63, 3.8) is 0 Å². The van der Waals surface area contributed by atoms with Crippen molar-refractivity contribution in [1.82, 2.24) is 9.88 Å². The van der Waals surface area contributed by atoms with Crippen LogP contribution in [0.25, 0.3) is 10.9 Å². The summed E-state index contributed by atoms with van der Waals surface area (Å²) in [7, 11) is 3.40. The van der Waals surface area contributed by atoms with Crippen LogP contribution in [0, 0.1) is 6.92 Å². The minimum Gasteiger partial charge on any atom is -0.493 e. The Morgan fingerprint density at radius 2 is 1.65 bits per heavy atom. The molecule has 0 aliphatic carbocycles. The van der Waals surface area contributed by atoms with E-state index in [1.54, 1.807) is 18.1 Å². The summed E-state index contributed by atoms with van der Waals surface area (Å²) < 4.78 is 11.1. The molecule has 0 bridgehead atoms. The molecule has 0 saturated heterocycles. The summed E-state index contributed by atoms with van der Waals surface area (Å²) in [5, 5.41) is 1.10. The highest BCUT2D eigenvalue weighted by atomic mass is 16.5. The van der Waals surface area contributed by atoms with E-state index in [1.165, 1.54) is 5.56 Å². The van der Waals surface area contributed by atoms with Gasteiger partial charge in [-0.1, -0.05) is 60.2 Å². The first kappa shape index (κ1) is 20.5. The Labute approximate surface area is 182 Å². The van der Waals surface area contributed by atoms with E-state index in [4.69, 9.17) is 9.47 Å². The van der Waals surface area contributed by atoms with E-state index in [1.807, 2.05) is 49.6 Å². The van der Waals surface area contributed by atoms with E-state index >= 15 is 0 Å². The summed E-state index contributed by atoms with van der Waals surface area (Å²) in [4.78, 5) is 18.3. The van der Waals surface area contributed by atoms with Crippen LogP contribution in [-0.2, 0) is 4.79 Å². The molecule has 158 valence electrons. The number of rotatable bonds is 7. The summed E-state index contributed by atoms with van der Waals surface area (Å²) in [6, 6.07) is 23.5. The van der Waals surface area contributed by atoms with Crippen molar-refractivity contribution < 1.29 is 14.3 Å². The molecule has 0 aliphatic rings. The number of H-pyrrole nitrogens is 1. The highest BCUT2D eigenvalue weighted by Crippen LogP contribution is 2.33. The average Bonchev–Trinajstić information content (AvgIpc) is 3.23. The highest BCUT2D eigenvalue weighted by Gasteiger charge is 2.26. The molecule has 0 radical (unpaired) electrons. The third kappa shape index (κ3) is 4.26. The molecule has 1 unspecified atom stereocenters. The second-order valence-electron chi connectivity index (χ2n) is 7.55. The summed E-state index contributed by atoms with van der Waals surface area (Å²) in [6.07, 6.45) is 1.99. The van der Waals surface area contributed by atoms with Crippen LogP contribution in [0.15, 0.2) is 79.0 Å². The van der Waals surface area contributed by atoms with Crippen LogP contribution in [0.5, 0.6) is 11.5 Å². The van der Waals surface area contributed by atoms with Gasteiger partial charge < -0.3 is 19.4 Å². The normalized spacial score (nSPS) is 11.8. The lowest BCUT2D eigenvalue weighted by atomic mass is 9.96. The van der Waals surface area contributed by atoms with E-state index in [0.29, 0.717) is 11.5 Å². The largest absolute Gasteiger partial charge is 0.493 e. The molecule has 4 rings (SSSR count). The van der Waals surface area contributed by atoms with Crippen LogP contribution in [0.1, 0.15) is 22.7 Å². The molecule has 1 aromatic heterocycles. The molecule has 31 heavy (non-hydrogen) atoms. The number of hydrogen-bond acceptors (Lipinski definition) is 3. The minimum atomic E-state index is -0.245. The number of methoxy groups -OCH3 is 1. The lowest BCUT2D eigenvalue weighted by molar-refractivity contribution is -0.133. The second kappa shape index (κ2) is 8.96. The van der Waals surface area contributed by atoms with Crippen LogP contribution in [-0.4, -0.2) is 36.6 Å². The van der Waals surface area contributed by atoms with Crippen molar-refractivity contribution >= 4 is 16.8 Å². The molecule has 5 nitrogen and oxygen atoms in total. The SMILES string of the molecule is COc1ccccc1OCC(=O)N(C)C(c1ccc(C)cc1)c1c[nH]c2ccccc12. The fourth-order valence-electron chi connectivity index (χ4n) is 3.80. The smallest absolute Gasteiger partial charge is 0.261 e. The standard InChI is InChI=1S/C26H26N2O3/c1-18-12-14-19(15-13-18)26(21-16-27-22-9-5-4-8-20(21)22)28(2)25(29)17-31-24-11-7-6-10-23(24)30-3/h4-16,26-27H,17H2,1-3H3. The molecule has 0 saturated carbocycles. The van der Waals surface area contributed by atoms with Gasteiger partial charge in [-0.05, 0) is 30.7 Å². The third-order valence-electron chi connectivity index (χ3n) is 5.51. The van der Waals surface area contributed by atoms with Gasteiger partial charge in [-0.2, -0.15) is 0 Å². The Balaban J connectivity index is 1.64. The number of carbonyl (C=O) groups excluding carboxylic acids is 1. The summed E-state index contributed by atoms with van der Waals surface area (Å²) in [5.74, 6) is 1.03. The number of nitrogens with zero attached hydrogens (tertiary/aromatic N) is 1. The number of likely N-dealkylation sites (N-methyl/N-ethyl adjacent to an activating group) is 1. The van der Waals surface area contributed by atoms with Gasteiger partial charge in [-0.25, -0.2) is 0 Å². The first-order valence-electron chi connectivity index (χ1n) is 10.2. The Hall–Kier alpha value is -3.73. The zero-order valence-electron chi connectivity index (χ0n) is 18.0. The number of benzene rings is 3. The quantitative estimate of drug-likeness (QED) is 0.457. The number of carbonyl (C=O) groups is 1. The van der Waals surface area contributed by atoms with Crippen LogP contribution < -0.4 is 9.47 Å². The topological polar surface area (TPSA) is 54.6 Å².